The monoisotopic (exact) mass is 638 g/mol. The number of carboxylic acid groups (broad SMARTS) is 3. The summed E-state index contributed by atoms with van der Waals surface area (Å²) >= 11 is 0. The van der Waals surface area contributed by atoms with Crippen LogP contribution in [0.2, 0.25) is 0 Å². The molecule has 0 aliphatic rings. The van der Waals surface area contributed by atoms with Crippen LogP contribution in [-0.4, -0.2) is 39.0 Å². The first kappa shape index (κ1) is 40.5. The summed E-state index contributed by atoms with van der Waals surface area (Å²) in [5.74, 6) is -2.03. The summed E-state index contributed by atoms with van der Waals surface area (Å²) in [6.07, 6.45) is 7.89. The van der Waals surface area contributed by atoms with Crippen LogP contribution >= 0.6 is 0 Å². The van der Waals surface area contributed by atoms with Crippen LogP contribution in [0.15, 0.2) is 48.5 Å². The van der Waals surface area contributed by atoms with Gasteiger partial charge < -0.3 is 15.3 Å². The third-order valence-electron chi connectivity index (χ3n) is 9.35. The lowest BCUT2D eigenvalue weighted by molar-refractivity contribution is -0.148. The molecular weight excluding hydrogens is 580 g/mol. The van der Waals surface area contributed by atoms with E-state index in [1.807, 2.05) is 13.8 Å². The van der Waals surface area contributed by atoms with E-state index >= 15 is 0 Å². The van der Waals surface area contributed by atoms with Crippen molar-refractivity contribution in [2.24, 2.45) is 21.7 Å². The summed E-state index contributed by atoms with van der Waals surface area (Å²) in [5, 5.41) is 27.4. The van der Waals surface area contributed by atoms with Crippen molar-refractivity contribution < 1.29 is 34.5 Å². The van der Waals surface area contributed by atoms with Crippen LogP contribution in [0.1, 0.15) is 123 Å². The van der Waals surface area contributed by atoms with Crippen molar-refractivity contribution in [3.05, 3.63) is 70.8 Å². The van der Waals surface area contributed by atoms with Crippen LogP contribution in [0.5, 0.6) is 0 Å². The van der Waals surface area contributed by atoms with Crippen LogP contribution < -0.4 is 0 Å². The SMILES string of the molecule is CC(=O)C(C)(C)CCc1ccc(CCC(C)(C)C(=O)O)cc1.CC(C)(CCCc1ccc(CCCC(C)(C)C(=O)O)cc1)C(=O)O. The van der Waals surface area contributed by atoms with Gasteiger partial charge in [0.15, 0.2) is 0 Å². The summed E-state index contributed by atoms with van der Waals surface area (Å²) in [7, 11) is 0. The van der Waals surface area contributed by atoms with E-state index in [1.54, 1.807) is 48.5 Å². The lowest BCUT2D eigenvalue weighted by Gasteiger charge is -2.21. The Kier molecular flexibility index (Phi) is 15.4. The Hall–Kier alpha value is -3.48. The van der Waals surface area contributed by atoms with Crippen molar-refractivity contribution in [1.82, 2.24) is 0 Å². The molecule has 0 atom stereocenters. The fraction of sp³-hybridized carbons (Fsp3) is 0.590. The molecule has 0 bridgehead atoms. The number of hydrogen-bond acceptors (Lipinski definition) is 4. The van der Waals surface area contributed by atoms with Crippen molar-refractivity contribution in [3.63, 3.8) is 0 Å². The van der Waals surface area contributed by atoms with Crippen molar-refractivity contribution >= 4 is 23.7 Å². The fourth-order valence-corrected chi connectivity index (χ4v) is 4.62. The molecule has 2 rings (SSSR count). The number of carbonyl (C=O) groups is 4. The number of carboxylic acids is 3. The first-order valence-electron chi connectivity index (χ1n) is 16.5. The van der Waals surface area contributed by atoms with Crippen LogP contribution in [0.4, 0.5) is 0 Å². The molecule has 3 N–H and O–H groups in total. The van der Waals surface area contributed by atoms with Gasteiger partial charge in [-0.05, 0) is 135 Å². The van der Waals surface area contributed by atoms with Crippen molar-refractivity contribution in [2.75, 3.05) is 0 Å². The zero-order valence-corrected chi connectivity index (χ0v) is 29.7. The minimum Gasteiger partial charge on any atom is -0.481 e. The maximum atomic E-state index is 11.5. The molecular formula is C39H58O7. The number of aliphatic carboxylic acids is 3. The molecule has 0 amide bonds. The van der Waals surface area contributed by atoms with Gasteiger partial charge in [-0.1, -0.05) is 62.4 Å². The van der Waals surface area contributed by atoms with E-state index in [1.165, 1.54) is 16.7 Å². The third kappa shape index (κ3) is 14.3. The van der Waals surface area contributed by atoms with Crippen LogP contribution in [0, 0.1) is 21.7 Å². The normalized spacial score (nSPS) is 12.2. The van der Waals surface area contributed by atoms with E-state index in [4.69, 9.17) is 15.3 Å². The number of ketones is 1. The maximum Gasteiger partial charge on any atom is 0.309 e. The molecule has 0 saturated heterocycles. The highest BCUT2D eigenvalue weighted by molar-refractivity contribution is 5.81. The van der Waals surface area contributed by atoms with Crippen molar-refractivity contribution in [1.29, 1.82) is 0 Å². The first-order chi connectivity index (χ1) is 21.1. The van der Waals surface area contributed by atoms with Crippen LogP contribution in [-0.2, 0) is 44.9 Å². The highest BCUT2D eigenvalue weighted by Crippen LogP contribution is 2.27. The second kappa shape index (κ2) is 17.4. The van der Waals surface area contributed by atoms with E-state index < -0.39 is 34.2 Å². The average molecular weight is 639 g/mol. The smallest absolute Gasteiger partial charge is 0.309 e. The fourth-order valence-electron chi connectivity index (χ4n) is 4.62. The zero-order chi connectivity index (χ0) is 35.3. The zero-order valence-electron chi connectivity index (χ0n) is 29.7. The highest BCUT2D eigenvalue weighted by Gasteiger charge is 2.28. The predicted molar refractivity (Wildman–Crippen MR) is 184 cm³/mol. The summed E-state index contributed by atoms with van der Waals surface area (Å²) < 4.78 is 0. The summed E-state index contributed by atoms with van der Waals surface area (Å²) in [4.78, 5) is 44.8. The van der Waals surface area contributed by atoms with Gasteiger partial charge in [-0.3, -0.25) is 19.2 Å². The Morgan fingerprint density at radius 2 is 0.674 bits per heavy atom. The van der Waals surface area contributed by atoms with E-state index in [0.29, 0.717) is 19.3 Å². The molecule has 2 aromatic rings. The molecule has 46 heavy (non-hydrogen) atoms. The van der Waals surface area contributed by atoms with Crippen LogP contribution in [0.25, 0.3) is 0 Å². The Labute approximate surface area is 276 Å². The largest absolute Gasteiger partial charge is 0.481 e. The number of aryl methyl sites for hydroxylation is 4. The molecule has 0 spiro atoms. The quantitative estimate of drug-likeness (QED) is 0.149. The Morgan fingerprint density at radius 3 is 0.935 bits per heavy atom. The number of rotatable bonds is 18. The van der Waals surface area contributed by atoms with Crippen molar-refractivity contribution in [2.45, 2.75) is 127 Å². The standard InChI is InChI=1S/C20H30O4.C19H28O3/c1-19(2,17(21)22)13-5-7-15-9-11-16(12-10-15)8-6-14-20(3,4)18(23)24;1-14(20)18(2,3)12-10-15-6-8-16(9-7-15)11-13-19(4,5)17(21)22/h9-12H,5-8,13-14H2,1-4H3,(H,21,22)(H,23,24);6-9H,10-13H2,1-5H3,(H,21,22). The van der Waals surface area contributed by atoms with Gasteiger partial charge in [-0.15, -0.1) is 0 Å². The number of Topliss-reactive ketones (excluding diaryl/α,β-unsaturated/α-hetero) is 1. The molecule has 0 unspecified atom stereocenters. The molecule has 0 radical (unpaired) electrons. The van der Waals surface area contributed by atoms with E-state index in [-0.39, 0.29) is 11.2 Å². The molecule has 0 aliphatic heterocycles. The molecule has 256 valence electrons. The van der Waals surface area contributed by atoms with Gasteiger partial charge in [0.05, 0.1) is 16.2 Å². The second-order valence-corrected chi connectivity index (χ2v) is 15.3. The lowest BCUT2D eigenvalue weighted by Crippen LogP contribution is -2.24. The van der Waals surface area contributed by atoms with Gasteiger partial charge in [-0.2, -0.15) is 0 Å². The molecule has 2 aromatic carbocycles. The molecule has 0 aromatic heterocycles. The van der Waals surface area contributed by atoms with Gasteiger partial charge in [0, 0.05) is 5.41 Å². The van der Waals surface area contributed by atoms with E-state index in [0.717, 1.165) is 50.5 Å². The molecule has 7 nitrogen and oxygen atoms in total. The Morgan fingerprint density at radius 1 is 0.435 bits per heavy atom. The highest BCUT2D eigenvalue weighted by atomic mass is 16.4. The molecule has 0 aliphatic carbocycles. The second-order valence-electron chi connectivity index (χ2n) is 15.3. The minimum absolute atomic E-state index is 0.222. The van der Waals surface area contributed by atoms with Gasteiger partial charge in [-0.25, -0.2) is 0 Å². The van der Waals surface area contributed by atoms with Gasteiger partial charge in [0.25, 0.3) is 0 Å². The summed E-state index contributed by atoms with van der Waals surface area (Å²) in [5.41, 5.74) is 2.50. The molecule has 7 heteroatoms. The predicted octanol–water partition coefficient (Wildman–Crippen LogP) is 8.83. The molecule has 0 heterocycles. The Balaban J connectivity index is 0.000000462. The third-order valence-corrected chi connectivity index (χ3v) is 9.35. The summed E-state index contributed by atoms with van der Waals surface area (Å²) in [6, 6.07) is 16.6. The Bertz CT molecular complexity index is 1180. The maximum absolute atomic E-state index is 11.5. The number of benzene rings is 2. The molecule has 0 fully saturated rings. The van der Waals surface area contributed by atoms with E-state index in [9.17, 15) is 19.2 Å². The van der Waals surface area contributed by atoms with Gasteiger partial charge in [0.2, 0.25) is 0 Å². The summed E-state index contributed by atoms with van der Waals surface area (Å²) in [6.45, 7) is 16.2. The molecule has 0 saturated carbocycles. The van der Waals surface area contributed by atoms with E-state index in [2.05, 4.69) is 48.5 Å². The van der Waals surface area contributed by atoms with Crippen molar-refractivity contribution in [3.8, 4) is 0 Å². The lowest BCUT2D eigenvalue weighted by atomic mass is 9.82. The average Bonchev–Trinajstić information content (AvgIpc) is 2.96. The topological polar surface area (TPSA) is 129 Å². The van der Waals surface area contributed by atoms with Gasteiger partial charge >= 0.3 is 17.9 Å². The van der Waals surface area contributed by atoms with Crippen LogP contribution in [0.3, 0.4) is 0 Å². The van der Waals surface area contributed by atoms with Gasteiger partial charge in [0.1, 0.15) is 5.78 Å². The number of hydrogen-bond donors (Lipinski definition) is 3. The first-order valence-corrected chi connectivity index (χ1v) is 16.5. The minimum atomic E-state index is -0.754. The number of carbonyl (C=O) groups excluding carboxylic acids is 1.